The average Bonchev–Trinajstić information content (AvgIpc) is 3.12. The van der Waals surface area contributed by atoms with E-state index in [1.54, 1.807) is 38.1 Å². The zero-order valence-electron chi connectivity index (χ0n) is 18.2. The first-order chi connectivity index (χ1) is 15.1. The lowest BCUT2D eigenvalue weighted by molar-refractivity contribution is -0.149. The molecule has 0 unspecified atom stereocenters. The molecule has 0 radical (unpaired) electrons. The molecule has 1 fully saturated rings. The minimum atomic E-state index is -3.76. The fourth-order valence-electron chi connectivity index (χ4n) is 3.82. The molecule has 0 aliphatic carbocycles. The minimum Gasteiger partial charge on any atom is -0.468 e. The van der Waals surface area contributed by atoms with Crippen LogP contribution in [0.15, 0.2) is 33.7 Å². The van der Waals surface area contributed by atoms with Crippen LogP contribution in [0.3, 0.4) is 0 Å². The Morgan fingerprint density at radius 2 is 1.84 bits per heavy atom. The molecule has 1 aromatic heterocycles. The molecule has 1 aliphatic heterocycles. The Bertz CT molecular complexity index is 1060. The fraction of sp³-hybridized carbons (Fsp3) is 0.476. The molecule has 0 N–H and O–H groups in total. The Kier molecular flexibility index (Phi) is 7.58. The third-order valence-electron chi connectivity index (χ3n) is 5.51. The van der Waals surface area contributed by atoms with Crippen LogP contribution in [-0.2, 0) is 30.9 Å². The highest BCUT2D eigenvalue weighted by molar-refractivity contribution is 7.89. The van der Waals surface area contributed by atoms with Gasteiger partial charge >= 0.3 is 5.97 Å². The molecule has 1 saturated heterocycles. The summed E-state index contributed by atoms with van der Waals surface area (Å²) in [5.74, 6) is -0.888. The van der Waals surface area contributed by atoms with E-state index in [1.807, 2.05) is 0 Å². The number of piperidine rings is 1. The Morgan fingerprint density at radius 3 is 2.38 bits per heavy atom. The predicted molar refractivity (Wildman–Crippen MR) is 116 cm³/mol. The molecule has 11 heteroatoms. The molecule has 3 rings (SSSR count). The highest BCUT2D eigenvalue weighted by atomic mass is 35.5. The first-order valence-electron chi connectivity index (χ1n) is 10.2. The predicted octanol–water partition coefficient (Wildman–Crippen LogP) is 2.55. The zero-order valence-corrected chi connectivity index (χ0v) is 19.8. The van der Waals surface area contributed by atoms with E-state index in [0.29, 0.717) is 23.6 Å². The van der Waals surface area contributed by atoms with Gasteiger partial charge < -0.3 is 14.2 Å². The molecular weight excluding hydrogens is 458 g/mol. The van der Waals surface area contributed by atoms with E-state index >= 15 is 0 Å². The van der Waals surface area contributed by atoms with Gasteiger partial charge in [0.05, 0.1) is 7.11 Å². The number of esters is 1. The van der Waals surface area contributed by atoms with E-state index in [4.69, 9.17) is 20.9 Å². The lowest BCUT2D eigenvalue weighted by Crippen LogP contribution is -2.45. The van der Waals surface area contributed by atoms with Gasteiger partial charge in [-0.15, -0.1) is 0 Å². The number of aryl methyl sites for hydroxylation is 2. The van der Waals surface area contributed by atoms with Crippen molar-refractivity contribution in [2.75, 3.05) is 26.7 Å². The van der Waals surface area contributed by atoms with Gasteiger partial charge in [0.15, 0.2) is 5.76 Å². The molecule has 0 spiro atoms. The number of carbonyl (C=O) groups excluding carboxylic acids is 2. The topological polar surface area (TPSA) is 110 Å². The van der Waals surface area contributed by atoms with Crippen molar-refractivity contribution in [1.29, 1.82) is 0 Å². The molecule has 1 aliphatic rings. The van der Waals surface area contributed by atoms with Crippen LogP contribution >= 0.6 is 11.6 Å². The van der Waals surface area contributed by atoms with Crippen molar-refractivity contribution in [2.45, 2.75) is 38.1 Å². The van der Waals surface area contributed by atoms with Gasteiger partial charge in [0.25, 0.3) is 0 Å². The van der Waals surface area contributed by atoms with Crippen LogP contribution < -0.4 is 0 Å². The van der Waals surface area contributed by atoms with Crippen LogP contribution in [-0.4, -0.2) is 61.4 Å². The lowest BCUT2D eigenvalue weighted by atomic mass is 9.96. The zero-order chi connectivity index (χ0) is 23.5. The van der Waals surface area contributed by atoms with Gasteiger partial charge in [0.2, 0.25) is 15.9 Å². The second-order valence-corrected chi connectivity index (χ2v) is 10.0. The van der Waals surface area contributed by atoms with E-state index in [-0.39, 0.29) is 42.7 Å². The number of ether oxygens (including phenoxy) is 1. The van der Waals surface area contributed by atoms with Crippen molar-refractivity contribution in [3.63, 3.8) is 0 Å². The lowest BCUT2D eigenvalue weighted by Gasteiger charge is -2.33. The number of hydrogen-bond donors (Lipinski definition) is 0. The van der Waals surface area contributed by atoms with Gasteiger partial charge in [0.1, 0.15) is 17.1 Å². The third kappa shape index (κ3) is 5.31. The molecule has 2 heterocycles. The smallest absolute Gasteiger partial charge is 0.325 e. The number of hydrogen-bond acceptors (Lipinski definition) is 7. The van der Waals surface area contributed by atoms with Crippen LogP contribution in [0.2, 0.25) is 5.02 Å². The number of methoxy groups -OCH3 is 1. The molecule has 32 heavy (non-hydrogen) atoms. The number of sulfonamides is 1. The summed E-state index contributed by atoms with van der Waals surface area (Å²) >= 11 is 5.93. The molecule has 0 saturated carbocycles. The quantitative estimate of drug-likeness (QED) is 0.556. The van der Waals surface area contributed by atoms with Crippen molar-refractivity contribution in [3.8, 4) is 0 Å². The molecule has 174 valence electrons. The number of aromatic nitrogens is 1. The van der Waals surface area contributed by atoms with Crippen molar-refractivity contribution in [3.05, 3.63) is 46.3 Å². The number of carbonyl (C=O) groups is 2. The van der Waals surface area contributed by atoms with Crippen molar-refractivity contribution in [1.82, 2.24) is 14.4 Å². The summed E-state index contributed by atoms with van der Waals surface area (Å²) in [6.45, 7) is 3.57. The molecule has 0 atom stereocenters. The minimum absolute atomic E-state index is 0.0809. The normalized spacial score (nSPS) is 15.5. The van der Waals surface area contributed by atoms with E-state index in [2.05, 4.69) is 5.16 Å². The molecule has 1 aromatic carbocycles. The molecule has 1 amide bonds. The standard InChI is InChI=1S/C21H26ClN3O6S/c1-14-20(15(2)31-23-14)32(28,29)25-10-8-17(9-11-25)21(27)24(13-19(26)30-3)12-16-4-6-18(22)7-5-16/h4-7,17H,8-13H2,1-3H3. The maximum absolute atomic E-state index is 13.2. The number of rotatable bonds is 7. The molecule has 2 aromatic rings. The summed E-state index contributed by atoms with van der Waals surface area (Å²) < 4.78 is 37.1. The third-order valence-corrected chi connectivity index (χ3v) is 7.91. The van der Waals surface area contributed by atoms with E-state index in [1.165, 1.54) is 16.3 Å². The highest BCUT2D eigenvalue weighted by Gasteiger charge is 2.36. The summed E-state index contributed by atoms with van der Waals surface area (Å²) in [4.78, 5) is 26.6. The Hall–Kier alpha value is -2.43. The van der Waals surface area contributed by atoms with Crippen LogP contribution in [0.1, 0.15) is 29.9 Å². The van der Waals surface area contributed by atoms with Gasteiger partial charge in [-0.1, -0.05) is 28.9 Å². The van der Waals surface area contributed by atoms with E-state index in [9.17, 15) is 18.0 Å². The summed E-state index contributed by atoms with van der Waals surface area (Å²) in [5, 5.41) is 4.31. The molecular formula is C21H26ClN3O6S. The van der Waals surface area contributed by atoms with Crippen LogP contribution in [0.25, 0.3) is 0 Å². The van der Waals surface area contributed by atoms with Crippen molar-refractivity contribution >= 4 is 33.5 Å². The number of nitrogens with zero attached hydrogens (tertiary/aromatic N) is 3. The van der Waals surface area contributed by atoms with Crippen LogP contribution in [0.4, 0.5) is 0 Å². The summed E-state index contributed by atoms with van der Waals surface area (Å²) in [6.07, 6.45) is 0.694. The summed E-state index contributed by atoms with van der Waals surface area (Å²) in [5.41, 5.74) is 1.14. The Morgan fingerprint density at radius 1 is 1.22 bits per heavy atom. The van der Waals surface area contributed by atoms with Crippen molar-refractivity contribution in [2.24, 2.45) is 5.92 Å². The maximum Gasteiger partial charge on any atom is 0.325 e. The van der Waals surface area contributed by atoms with Gasteiger partial charge in [-0.3, -0.25) is 9.59 Å². The average molecular weight is 484 g/mol. The number of halogens is 1. The molecule has 9 nitrogen and oxygen atoms in total. The van der Waals surface area contributed by atoms with Crippen LogP contribution in [0, 0.1) is 19.8 Å². The van der Waals surface area contributed by atoms with Crippen LogP contribution in [0.5, 0.6) is 0 Å². The van der Waals surface area contributed by atoms with Gasteiger partial charge in [-0.05, 0) is 44.4 Å². The van der Waals surface area contributed by atoms with Gasteiger partial charge in [-0.2, -0.15) is 4.31 Å². The van der Waals surface area contributed by atoms with E-state index < -0.39 is 21.9 Å². The summed E-state index contributed by atoms with van der Waals surface area (Å²) in [6, 6.07) is 7.02. The first-order valence-corrected chi connectivity index (χ1v) is 12.0. The Balaban J connectivity index is 1.70. The highest BCUT2D eigenvalue weighted by Crippen LogP contribution is 2.28. The SMILES string of the molecule is COC(=O)CN(Cc1ccc(Cl)cc1)C(=O)C1CCN(S(=O)(=O)c2c(C)noc2C)CC1. The fourth-order valence-corrected chi connectivity index (χ4v) is 5.70. The maximum atomic E-state index is 13.2. The number of amides is 1. The summed E-state index contributed by atoms with van der Waals surface area (Å²) in [7, 11) is -2.49. The van der Waals surface area contributed by atoms with Gasteiger partial charge in [-0.25, -0.2) is 8.42 Å². The second kappa shape index (κ2) is 10.0. The van der Waals surface area contributed by atoms with E-state index in [0.717, 1.165) is 5.56 Å². The van der Waals surface area contributed by atoms with Gasteiger partial charge in [0, 0.05) is 30.6 Å². The monoisotopic (exact) mass is 483 g/mol. The Labute approximate surface area is 192 Å². The van der Waals surface area contributed by atoms with Crippen molar-refractivity contribution < 1.29 is 27.3 Å². The largest absolute Gasteiger partial charge is 0.468 e. The number of benzene rings is 1. The first kappa shape index (κ1) is 24.2. The second-order valence-electron chi connectivity index (χ2n) is 7.73. The molecule has 0 bridgehead atoms.